The van der Waals surface area contributed by atoms with Crippen LogP contribution in [0.5, 0.6) is 5.75 Å². The zero-order valence-corrected chi connectivity index (χ0v) is 14.5. The number of halogens is 2. The average Bonchev–Trinajstić information content (AvgIpc) is 2.43. The van der Waals surface area contributed by atoms with E-state index in [0.717, 1.165) is 25.6 Å². The maximum absolute atomic E-state index is 10.7. The first-order chi connectivity index (χ1) is 9.54. The molecule has 1 atom stereocenters. The van der Waals surface area contributed by atoms with E-state index in [4.69, 9.17) is 4.74 Å². The lowest BCUT2D eigenvalue weighted by Gasteiger charge is -2.18. The summed E-state index contributed by atoms with van der Waals surface area (Å²) in [6.07, 6.45) is -0.732. The van der Waals surface area contributed by atoms with E-state index in [2.05, 4.69) is 31.9 Å². The van der Waals surface area contributed by atoms with Gasteiger partial charge in [0.05, 0.1) is 6.61 Å². The van der Waals surface area contributed by atoms with Crippen LogP contribution in [0.4, 0.5) is 0 Å². The number of para-hydroxylation sites is 1. The highest BCUT2D eigenvalue weighted by Gasteiger charge is 2.18. The van der Waals surface area contributed by atoms with Crippen LogP contribution in [0.15, 0.2) is 45.3 Å². The molecule has 0 aliphatic heterocycles. The number of hydrogen-bond donors (Lipinski definition) is 1. The first-order valence-corrected chi connectivity index (χ1v) is 7.98. The largest absolute Gasteiger partial charge is 0.493 e. The van der Waals surface area contributed by atoms with E-state index in [0.29, 0.717) is 12.4 Å². The lowest BCUT2D eigenvalue weighted by molar-refractivity contribution is 0.211. The fourth-order valence-corrected chi connectivity index (χ4v) is 3.07. The molecule has 20 heavy (non-hydrogen) atoms. The molecule has 2 nitrogen and oxygen atoms in total. The molecular weight excluding hydrogens is 384 g/mol. The fourth-order valence-electron chi connectivity index (χ4n) is 2.03. The second kappa shape index (κ2) is 6.74. The highest BCUT2D eigenvalue weighted by Crippen LogP contribution is 2.36. The minimum Gasteiger partial charge on any atom is -0.493 e. The lowest BCUT2D eigenvalue weighted by Crippen LogP contribution is -2.05. The first kappa shape index (κ1) is 15.5. The molecule has 0 saturated heterocycles. The Labute approximate surface area is 136 Å². The summed E-state index contributed by atoms with van der Waals surface area (Å²) >= 11 is 7.03. The normalized spacial score (nSPS) is 12.2. The van der Waals surface area contributed by atoms with Crippen LogP contribution in [-0.2, 0) is 0 Å². The van der Waals surface area contributed by atoms with Gasteiger partial charge in [0.1, 0.15) is 11.9 Å². The summed E-state index contributed by atoms with van der Waals surface area (Å²) in [6.45, 7) is 4.52. The molecule has 2 rings (SSSR count). The van der Waals surface area contributed by atoms with Gasteiger partial charge < -0.3 is 9.84 Å². The van der Waals surface area contributed by atoms with Gasteiger partial charge >= 0.3 is 0 Å². The van der Waals surface area contributed by atoms with Crippen molar-refractivity contribution in [3.05, 3.63) is 62.0 Å². The van der Waals surface area contributed by atoms with Gasteiger partial charge in [-0.2, -0.15) is 0 Å². The van der Waals surface area contributed by atoms with Crippen molar-refractivity contribution in [3.8, 4) is 5.75 Å². The zero-order valence-electron chi connectivity index (χ0n) is 11.4. The number of rotatable bonds is 4. The molecule has 0 aliphatic rings. The second-order valence-electron chi connectivity index (χ2n) is 4.50. The maximum atomic E-state index is 10.7. The Morgan fingerprint density at radius 2 is 1.80 bits per heavy atom. The predicted molar refractivity (Wildman–Crippen MR) is 88.3 cm³/mol. The Kier molecular flexibility index (Phi) is 5.24. The van der Waals surface area contributed by atoms with Crippen LogP contribution >= 0.6 is 31.9 Å². The highest BCUT2D eigenvalue weighted by molar-refractivity contribution is 9.11. The molecule has 2 aromatic carbocycles. The monoisotopic (exact) mass is 398 g/mol. The van der Waals surface area contributed by atoms with E-state index >= 15 is 0 Å². The van der Waals surface area contributed by atoms with Gasteiger partial charge in [-0.3, -0.25) is 0 Å². The minimum atomic E-state index is -0.732. The number of benzene rings is 2. The SMILES string of the molecule is CCOc1ccccc1C(O)c1cc(Br)c(C)cc1Br. The molecule has 106 valence electrons. The van der Waals surface area contributed by atoms with Crippen molar-refractivity contribution in [1.29, 1.82) is 0 Å². The third-order valence-electron chi connectivity index (χ3n) is 3.09. The first-order valence-electron chi connectivity index (χ1n) is 6.40. The molecule has 1 N–H and O–H groups in total. The minimum absolute atomic E-state index is 0.572. The average molecular weight is 400 g/mol. The number of aliphatic hydroxyl groups excluding tert-OH is 1. The van der Waals surface area contributed by atoms with Gasteiger partial charge in [-0.1, -0.05) is 50.1 Å². The molecule has 1 unspecified atom stereocenters. The van der Waals surface area contributed by atoms with E-state index in [-0.39, 0.29) is 0 Å². The summed E-state index contributed by atoms with van der Waals surface area (Å²) in [5, 5.41) is 10.7. The van der Waals surface area contributed by atoms with Crippen molar-refractivity contribution in [2.75, 3.05) is 6.61 Å². The summed E-state index contributed by atoms with van der Waals surface area (Å²) in [6, 6.07) is 11.5. The van der Waals surface area contributed by atoms with E-state index in [1.807, 2.05) is 50.2 Å². The van der Waals surface area contributed by atoms with E-state index in [1.165, 1.54) is 0 Å². The molecule has 0 heterocycles. The summed E-state index contributed by atoms with van der Waals surface area (Å²) < 4.78 is 7.45. The summed E-state index contributed by atoms with van der Waals surface area (Å²) in [5.74, 6) is 0.714. The molecule has 0 spiro atoms. The molecule has 0 aromatic heterocycles. The van der Waals surface area contributed by atoms with Crippen molar-refractivity contribution >= 4 is 31.9 Å². The molecule has 0 amide bonds. The van der Waals surface area contributed by atoms with Crippen LogP contribution in [0.3, 0.4) is 0 Å². The van der Waals surface area contributed by atoms with Gasteiger partial charge in [0.15, 0.2) is 0 Å². The third-order valence-corrected chi connectivity index (χ3v) is 4.63. The molecule has 0 saturated carbocycles. The van der Waals surface area contributed by atoms with E-state index in [9.17, 15) is 5.11 Å². The summed E-state index contributed by atoms with van der Waals surface area (Å²) in [5.41, 5.74) is 2.70. The van der Waals surface area contributed by atoms with Crippen molar-refractivity contribution in [2.45, 2.75) is 20.0 Å². The van der Waals surface area contributed by atoms with Crippen LogP contribution in [0.1, 0.15) is 29.7 Å². The van der Waals surface area contributed by atoms with Crippen LogP contribution < -0.4 is 4.74 Å². The smallest absolute Gasteiger partial charge is 0.125 e. The van der Waals surface area contributed by atoms with Gasteiger partial charge in [0.2, 0.25) is 0 Å². The second-order valence-corrected chi connectivity index (χ2v) is 6.20. The molecule has 2 aromatic rings. The Morgan fingerprint density at radius 3 is 2.50 bits per heavy atom. The topological polar surface area (TPSA) is 29.5 Å². The van der Waals surface area contributed by atoms with E-state index < -0.39 is 6.10 Å². The molecule has 0 radical (unpaired) electrons. The number of aryl methyl sites for hydroxylation is 1. The quantitative estimate of drug-likeness (QED) is 0.783. The Morgan fingerprint density at radius 1 is 1.10 bits per heavy atom. The van der Waals surface area contributed by atoms with Gasteiger partial charge in [0, 0.05) is 20.1 Å². The molecular formula is C16H16Br2O2. The Balaban J connectivity index is 2.46. The van der Waals surface area contributed by atoms with Gasteiger partial charge in [-0.15, -0.1) is 0 Å². The Hall–Kier alpha value is -0.840. The molecule has 4 heteroatoms. The van der Waals surface area contributed by atoms with Crippen molar-refractivity contribution in [1.82, 2.24) is 0 Å². The molecule has 0 bridgehead atoms. The van der Waals surface area contributed by atoms with Gasteiger partial charge in [0.25, 0.3) is 0 Å². The summed E-state index contributed by atoms with van der Waals surface area (Å²) in [4.78, 5) is 0. The zero-order chi connectivity index (χ0) is 14.7. The third kappa shape index (κ3) is 3.25. The number of hydrogen-bond acceptors (Lipinski definition) is 2. The number of aliphatic hydroxyl groups is 1. The van der Waals surface area contributed by atoms with Gasteiger partial charge in [-0.05, 0) is 37.6 Å². The highest BCUT2D eigenvalue weighted by atomic mass is 79.9. The number of ether oxygens (including phenoxy) is 1. The molecule has 0 aliphatic carbocycles. The predicted octanol–water partition coefficient (Wildman–Crippen LogP) is 5.00. The van der Waals surface area contributed by atoms with Gasteiger partial charge in [-0.25, -0.2) is 0 Å². The standard InChI is InChI=1S/C16H16Br2O2/c1-3-20-15-7-5-4-6-11(15)16(19)12-9-13(17)10(2)8-14(12)18/h4-9,16,19H,3H2,1-2H3. The summed E-state index contributed by atoms with van der Waals surface area (Å²) in [7, 11) is 0. The Bertz CT molecular complexity index is 611. The van der Waals surface area contributed by atoms with E-state index in [1.54, 1.807) is 0 Å². The van der Waals surface area contributed by atoms with Crippen molar-refractivity contribution in [3.63, 3.8) is 0 Å². The molecule has 0 fully saturated rings. The maximum Gasteiger partial charge on any atom is 0.125 e. The van der Waals surface area contributed by atoms with Crippen molar-refractivity contribution in [2.24, 2.45) is 0 Å². The van der Waals surface area contributed by atoms with Crippen LogP contribution in [0, 0.1) is 6.92 Å². The lowest BCUT2D eigenvalue weighted by atomic mass is 10.00. The van der Waals surface area contributed by atoms with Crippen LogP contribution in [0.25, 0.3) is 0 Å². The van der Waals surface area contributed by atoms with Crippen LogP contribution in [-0.4, -0.2) is 11.7 Å². The van der Waals surface area contributed by atoms with Crippen molar-refractivity contribution < 1.29 is 9.84 Å². The van der Waals surface area contributed by atoms with Crippen LogP contribution in [0.2, 0.25) is 0 Å². The fraction of sp³-hybridized carbons (Fsp3) is 0.250.